The number of rotatable bonds is 4. The van der Waals surface area contributed by atoms with E-state index in [0.717, 1.165) is 30.0 Å². The number of nitrogens with zero attached hydrogens (tertiary/aromatic N) is 2. The Hall–Kier alpha value is -2.08. The first kappa shape index (κ1) is 15.8. The van der Waals surface area contributed by atoms with Crippen LogP contribution in [0.25, 0.3) is 0 Å². The van der Waals surface area contributed by atoms with Crippen molar-refractivity contribution in [1.82, 2.24) is 14.8 Å². The lowest BCUT2D eigenvalue weighted by Gasteiger charge is -2.22. The Morgan fingerprint density at radius 2 is 1.78 bits per heavy atom. The molecule has 0 atom stereocenters. The Kier molecular flexibility index (Phi) is 5.12. The van der Waals surface area contributed by atoms with E-state index in [-0.39, 0.29) is 11.8 Å². The van der Waals surface area contributed by atoms with Crippen LogP contribution >= 0.6 is 11.3 Å². The average Bonchev–Trinajstić information content (AvgIpc) is 3.17. The van der Waals surface area contributed by atoms with E-state index in [1.165, 1.54) is 0 Å². The minimum atomic E-state index is 0.136. The zero-order chi connectivity index (χ0) is 16.1. The van der Waals surface area contributed by atoms with Crippen LogP contribution in [0, 0.1) is 0 Å². The van der Waals surface area contributed by atoms with Crippen molar-refractivity contribution in [2.45, 2.75) is 19.3 Å². The number of H-pyrrole nitrogens is 1. The average molecular weight is 331 g/mol. The number of aromatic nitrogens is 1. The third-order valence-corrected chi connectivity index (χ3v) is 5.00. The van der Waals surface area contributed by atoms with Crippen LogP contribution < -0.4 is 0 Å². The Balaban J connectivity index is 1.52. The van der Waals surface area contributed by atoms with E-state index in [0.29, 0.717) is 25.9 Å². The molecular weight excluding hydrogens is 310 g/mol. The summed E-state index contributed by atoms with van der Waals surface area (Å²) in [4.78, 5) is 32.6. The first-order valence-corrected chi connectivity index (χ1v) is 8.80. The quantitative estimate of drug-likeness (QED) is 0.930. The molecule has 122 valence electrons. The number of nitrogens with one attached hydrogen (secondary N) is 1. The second-order valence-corrected chi connectivity index (χ2v) is 6.80. The highest BCUT2D eigenvalue weighted by Gasteiger charge is 2.22. The topological polar surface area (TPSA) is 56.4 Å². The van der Waals surface area contributed by atoms with Crippen molar-refractivity contribution in [2.24, 2.45) is 0 Å². The van der Waals surface area contributed by atoms with Crippen LogP contribution in [0.15, 0.2) is 36.0 Å². The molecule has 3 heterocycles. The summed E-state index contributed by atoms with van der Waals surface area (Å²) >= 11 is 1.61. The minimum Gasteiger partial charge on any atom is -0.367 e. The van der Waals surface area contributed by atoms with Crippen molar-refractivity contribution in [2.75, 3.05) is 26.2 Å². The van der Waals surface area contributed by atoms with Gasteiger partial charge in [0, 0.05) is 43.4 Å². The molecule has 0 bridgehead atoms. The predicted molar refractivity (Wildman–Crippen MR) is 90.3 cm³/mol. The predicted octanol–water partition coefficient (Wildman–Crippen LogP) is 1.92. The number of hydrogen-bond acceptors (Lipinski definition) is 3. The molecule has 1 saturated heterocycles. The van der Waals surface area contributed by atoms with Crippen LogP contribution in [0.2, 0.25) is 0 Å². The highest BCUT2D eigenvalue weighted by molar-refractivity contribution is 7.10. The van der Waals surface area contributed by atoms with E-state index < -0.39 is 0 Å². The summed E-state index contributed by atoms with van der Waals surface area (Å²) in [6.07, 6.45) is 5.42. The Morgan fingerprint density at radius 1 is 1.04 bits per heavy atom. The SMILES string of the molecule is O=C(Cc1cc[nH]c1)N1CCCN(C(=O)Cc2cccs2)CC1. The molecule has 1 fully saturated rings. The first-order chi connectivity index (χ1) is 11.2. The molecule has 5 nitrogen and oxygen atoms in total. The Labute approximate surface area is 139 Å². The smallest absolute Gasteiger partial charge is 0.227 e. The third-order valence-electron chi connectivity index (χ3n) is 4.12. The summed E-state index contributed by atoms with van der Waals surface area (Å²) in [7, 11) is 0. The third kappa shape index (κ3) is 4.22. The van der Waals surface area contributed by atoms with Crippen molar-refractivity contribution in [3.8, 4) is 0 Å². The van der Waals surface area contributed by atoms with Gasteiger partial charge in [0.05, 0.1) is 12.8 Å². The van der Waals surface area contributed by atoms with E-state index in [2.05, 4.69) is 4.98 Å². The number of aromatic amines is 1. The van der Waals surface area contributed by atoms with Gasteiger partial charge >= 0.3 is 0 Å². The minimum absolute atomic E-state index is 0.136. The molecule has 0 radical (unpaired) electrons. The standard InChI is InChI=1S/C17H21N3O2S/c21-16(11-14-4-5-18-13-14)19-6-2-7-20(9-8-19)17(22)12-15-3-1-10-23-15/h1,3-5,10,13,18H,2,6-9,11-12H2. The number of thiophene rings is 1. The molecule has 0 aromatic carbocycles. The Bertz CT molecular complexity index is 581. The van der Waals surface area contributed by atoms with Gasteiger partial charge in [0.25, 0.3) is 0 Å². The molecule has 2 aromatic heterocycles. The summed E-state index contributed by atoms with van der Waals surface area (Å²) in [6.45, 7) is 2.71. The molecule has 23 heavy (non-hydrogen) atoms. The summed E-state index contributed by atoms with van der Waals surface area (Å²) in [5.41, 5.74) is 1.00. The highest BCUT2D eigenvalue weighted by Crippen LogP contribution is 2.13. The molecule has 6 heteroatoms. The van der Waals surface area contributed by atoms with Gasteiger partial charge in [-0.15, -0.1) is 11.3 Å². The van der Waals surface area contributed by atoms with Gasteiger partial charge in [-0.05, 0) is 29.5 Å². The molecule has 0 aliphatic carbocycles. The van der Waals surface area contributed by atoms with Gasteiger partial charge in [-0.25, -0.2) is 0 Å². The lowest BCUT2D eigenvalue weighted by Crippen LogP contribution is -2.38. The molecule has 2 aromatic rings. The molecule has 2 amide bonds. The maximum Gasteiger partial charge on any atom is 0.227 e. The number of hydrogen-bond donors (Lipinski definition) is 1. The fourth-order valence-corrected chi connectivity index (χ4v) is 3.54. The molecule has 1 aliphatic heterocycles. The van der Waals surface area contributed by atoms with E-state index in [1.54, 1.807) is 11.3 Å². The zero-order valence-corrected chi connectivity index (χ0v) is 13.8. The molecule has 0 saturated carbocycles. The van der Waals surface area contributed by atoms with Gasteiger partial charge in [-0.2, -0.15) is 0 Å². The maximum atomic E-state index is 12.4. The van der Waals surface area contributed by atoms with E-state index in [4.69, 9.17) is 0 Å². The second kappa shape index (κ2) is 7.46. The lowest BCUT2D eigenvalue weighted by atomic mass is 10.2. The van der Waals surface area contributed by atoms with Crippen LogP contribution in [-0.2, 0) is 22.4 Å². The van der Waals surface area contributed by atoms with Crippen LogP contribution in [0.4, 0.5) is 0 Å². The summed E-state index contributed by atoms with van der Waals surface area (Å²) in [6, 6.07) is 5.89. The normalized spacial score (nSPS) is 15.5. The first-order valence-electron chi connectivity index (χ1n) is 7.92. The van der Waals surface area contributed by atoms with Gasteiger partial charge in [0.2, 0.25) is 11.8 Å². The maximum absolute atomic E-state index is 12.4. The van der Waals surface area contributed by atoms with Crippen molar-refractivity contribution in [3.05, 3.63) is 46.4 Å². The summed E-state index contributed by atoms with van der Waals surface area (Å²) < 4.78 is 0. The van der Waals surface area contributed by atoms with Gasteiger partial charge in [0.1, 0.15) is 0 Å². The number of amides is 2. The van der Waals surface area contributed by atoms with E-state index >= 15 is 0 Å². The van der Waals surface area contributed by atoms with E-state index in [1.807, 2.05) is 45.8 Å². The highest BCUT2D eigenvalue weighted by atomic mass is 32.1. The molecule has 1 aliphatic rings. The van der Waals surface area contributed by atoms with Gasteiger partial charge in [-0.3, -0.25) is 9.59 Å². The fourth-order valence-electron chi connectivity index (χ4n) is 2.85. The van der Waals surface area contributed by atoms with Crippen LogP contribution in [0.3, 0.4) is 0 Å². The van der Waals surface area contributed by atoms with Crippen LogP contribution in [-0.4, -0.2) is 52.8 Å². The number of carbonyl (C=O) groups excluding carboxylic acids is 2. The molecule has 1 N–H and O–H groups in total. The van der Waals surface area contributed by atoms with E-state index in [9.17, 15) is 9.59 Å². The molecule has 0 unspecified atom stereocenters. The van der Waals surface area contributed by atoms with Crippen LogP contribution in [0.5, 0.6) is 0 Å². The van der Waals surface area contributed by atoms with Gasteiger partial charge in [0.15, 0.2) is 0 Å². The van der Waals surface area contributed by atoms with Crippen molar-refractivity contribution < 1.29 is 9.59 Å². The monoisotopic (exact) mass is 331 g/mol. The van der Waals surface area contributed by atoms with Gasteiger partial charge < -0.3 is 14.8 Å². The number of carbonyl (C=O) groups is 2. The second-order valence-electron chi connectivity index (χ2n) is 5.77. The molecule has 3 rings (SSSR count). The molecular formula is C17H21N3O2S. The summed E-state index contributed by atoms with van der Waals surface area (Å²) in [5, 5.41) is 1.99. The summed E-state index contributed by atoms with van der Waals surface area (Å²) in [5.74, 6) is 0.296. The van der Waals surface area contributed by atoms with Crippen molar-refractivity contribution in [3.63, 3.8) is 0 Å². The van der Waals surface area contributed by atoms with Crippen molar-refractivity contribution in [1.29, 1.82) is 0 Å². The van der Waals surface area contributed by atoms with Crippen LogP contribution in [0.1, 0.15) is 16.9 Å². The fraction of sp³-hybridized carbons (Fsp3) is 0.412. The Morgan fingerprint density at radius 3 is 2.39 bits per heavy atom. The lowest BCUT2D eigenvalue weighted by molar-refractivity contribution is -0.132. The zero-order valence-electron chi connectivity index (χ0n) is 13.0. The van der Waals surface area contributed by atoms with Crippen molar-refractivity contribution >= 4 is 23.2 Å². The largest absolute Gasteiger partial charge is 0.367 e. The molecule has 0 spiro atoms. The van der Waals surface area contributed by atoms with Gasteiger partial charge in [-0.1, -0.05) is 6.07 Å².